The molecule has 5 nitrogen and oxygen atoms in total. The number of alkyl halides is 5. The molecule has 3 rings (SSSR count). The fourth-order valence-electron chi connectivity index (χ4n) is 3.26. The molecule has 2 N–H and O–H groups in total. The summed E-state index contributed by atoms with van der Waals surface area (Å²) < 4.78 is 68.4. The van der Waals surface area contributed by atoms with E-state index in [1.54, 1.807) is 6.07 Å². The summed E-state index contributed by atoms with van der Waals surface area (Å²) in [6.45, 7) is -3.82. The van der Waals surface area contributed by atoms with Crippen LogP contribution < -0.4 is 10.1 Å². The first kappa shape index (κ1) is 20.5. The first-order valence-electron chi connectivity index (χ1n) is 8.20. The number of nitrogens with one attached hydrogen (secondary N) is 1. The predicted molar refractivity (Wildman–Crippen MR) is 90.4 cm³/mol. The summed E-state index contributed by atoms with van der Waals surface area (Å²) in [5.41, 5.74) is -1.06. The third-order valence-corrected chi connectivity index (χ3v) is 4.75. The lowest BCUT2D eigenvalue weighted by molar-refractivity contribution is -0.138. The Balaban J connectivity index is 2.04. The molecule has 2 aromatic rings. The van der Waals surface area contributed by atoms with Crippen molar-refractivity contribution in [1.29, 1.82) is 0 Å². The molecular weight excluding hydrogens is 409 g/mol. The summed E-state index contributed by atoms with van der Waals surface area (Å²) in [5, 5.41) is 13.1. The number of halogens is 6. The number of rotatable bonds is 5. The van der Waals surface area contributed by atoms with Gasteiger partial charge in [-0.05, 0) is 37.0 Å². The van der Waals surface area contributed by atoms with Crippen molar-refractivity contribution < 1.29 is 31.8 Å². The molecule has 0 aromatic carbocycles. The molecule has 0 radical (unpaired) electrons. The van der Waals surface area contributed by atoms with Crippen molar-refractivity contribution in [3.63, 3.8) is 0 Å². The summed E-state index contributed by atoms with van der Waals surface area (Å²) in [6, 6.07) is 2.06. The topological polar surface area (TPSA) is 67.3 Å². The van der Waals surface area contributed by atoms with Crippen LogP contribution in [-0.4, -0.2) is 28.3 Å². The molecule has 0 aliphatic heterocycles. The summed E-state index contributed by atoms with van der Waals surface area (Å²) >= 11 is 5.90. The van der Waals surface area contributed by atoms with Gasteiger partial charge in [0.05, 0.1) is 17.7 Å². The van der Waals surface area contributed by atoms with Crippen LogP contribution in [0.15, 0.2) is 24.5 Å². The molecule has 2 aromatic heterocycles. The molecule has 1 aliphatic carbocycles. The van der Waals surface area contributed by atoms with Crippen LogP contribution in [0.5, 0.6) is 5.75 Å². The number of aliphatic hydroxyl groups excluding tert-OH is 1. The zero-order chi connectivity index (χ0) is 20.5. The van der Waals surface area contributed by atoms with Crippen LogP contribution in [0.25, 0.3) is 0 Å². The van der Waals surface area contributed by atoms with Crippen molar-refractivity contribution in [2.75, 3.05) is 11.9 Å². The molecule has 152 valence electrons. The maximum Gasteiger partial charge on any atom is 0.418 e. The number of anilines is 1. The smallest absolute Gasteiger partial charge is 0.418 e. The highest BCUT2D eigenvalue weighted by Crippen LogP contribution is 2.41. The number of ether oxygens (including phenoxy) is 1. The zero-order valence-electron chi connectivity index (χ0n) is 14.2. The highest BCUT2D eigenvalue weighted by molar-refractivity contribution is 6.29. The van der Waals surface area contributed by atoms with Crippen molar-refractivity contribution in [1.82, 2.24) is 9.97 Å². The number of nitrogens with zero attached hydrogens (tertiary/aromatic N) is 2. The second-order valence-corrected chi connectivity index (χ2v) is 6.72. The molecule has 0 spiro atoms. The van der Waals surface area contributed by atoms with Crippen molar-refractivity contribution >= 4 is 17.4 Å². The average molecular weight is 424 g/mol. The van der Waals surface area contributed by atoms with Crippen LogP contribution in [0.2, 0.25) is 5.15 Å². The summed E-state index contributed by atoms with van der Waals surface area (Å²) in [4.78, 5) is 7.62. The van der Waals surface area contributed by atoms with Crippen LogP contribution >= 0.6 is 11.6 Å². The van der Waals surface area contributed by atoms with Gasteiger partial charge in [0, 0.05) is 18.0 Å². The molecular formula is C17H15ClF5N3O2. The van der Waals surface area contributed by atoms with E-state index in [-0.39, 0.29) is 11.0 Å². The quantitative estimate of drug-likeness (QED) is 0.551. The van der Waals surface area contributed by atoms with Crippen molar-refractivity contribution in [2.45, 2.75) is 37.6 Å². The number of hydrogen-bond donors (Lipinski definition) is 2. The van der Waals surface area contributed by atoms with Gasteiger partial charge in [-0.25, -0.2) is 9.97 Å². The first-order valence-corrected chi connectivity index (χ1v) is 8.58. The SMILES string of the molecule is OCC1(Nc2ncc(C(F)(F)F)cc2OC(F)F)CCCc2cc(Cl)ncc21. The second kappa shape index (κ2) is 7.67. The van der Waals surface area contributed by atoms with Gasteiger partial charge in [-0.2, -0.15) is 22.0 Å². The lowest BCUT2D eigenvalue weighted by Gasteiger charge is -2.39. The Morgan fingerprint density at radius 2 is 2.00 bits per heavy atom. The van der Waals surface area contributed by atoms with Gasteiger partial charge >= 0.3 is 12.8 Å². The number of hydrogen-bond acceptors (Lipinski definition) is 5. The van der Waals surface area contributed by atoms with Crippen LogP contribution in [0.4, 0.5) is 27.8 Å². The van der Waals surface area contributed by atoms with Crippen LogP contribution in [0.1, 0.15) is 29.5 Å². The monoisotopic (exact) mass is 423 g/mol. The van der Waals surface area contributed by atoms with Crippen molar-refractivity contribution in [3.05, 3.63) is 46.4 Å². The van der Waals surface area contributed by atoms with Gasteiger partial charge in [0.15, 0.2) is 11.6 Å². The lowest BCUT2D eigenvalue weighted by atomic mass is 9.78. The Kier molecular flexibility index (Phi) is 5.62. The second-order valence-electron chi connectivity index (χ2n) is 6.33. The van der Waals surface area contributed by atoms with Gasteiger partial charge in [-0.15, -0.1) is 0 Å². The minimum atomic E-state index is -4.78. The van der Waals surface area contributed by atoms with E-state index in [4.69, 9.17) is 11.6 Å². The highest BCUT2D eigenvalue weighted by Gasteiger charge is 2.39. The predicted octanol–water partition coefficient (Wildman–Crippen LogP) is 4.39. The third-order valence-electron chi connectivity index (χ3n) is 4.55. The van der Waals surface area contributed by atoms with Crippen LogP contribution in [-0.2, 0) is 18.1 Å². The minimum Gasteiger partial charge on any atom is -0.431 e. The van der Waals surface area contributed by atoms with Crippen molar-refractivity contribution in [3.8, 4) is 5.75 Å². The number of pyridine rings is 2. The normalized spacial score (nSPS) is 19.4. The van der Waals surface area contributed by atoms with Gasteiger partial charge < -0.3 is 15.2 Å². The molecule has 0 saturated carbocycles. The Hall–Kier alpha value is -2.20. The third kappa shape index (κ3) is 4.12. The lowest BCUT2D eigenvalue weighted by Crippen LogP contribution is -2.42. The summed E-state index contributed by atoms with van der Waals surface area (Å²) in [5.74, 6) is -1.11. The maximum atomic E-state index is 12.9. The highest BCUT2D eigenvalue weighted by atomic mass is 35.5. The number of aliphatic hydroxyl groups is 1. The van der Waals surface area contributed by atoms with Crippen LogP contribution in [0.3, 0.4) is 0 Å². The van der Waals surface area contributed by atoms with E-state index in [0.29, 0.717) is 37.1 Å². The number of aryl methyl sites for hydroxylation is 1. The maximum absolute atomic E-state index is 12.9. The number of fused-ring (bicyclic) bond motifs is 1. The van der Waals surface area contributed by atoms with Crippen molar-refractivity contribution in [2.24, 2.45) is 0 Å². The molecule has 0 fully saturated rings. The molecule has 11 heteroatoms. The summed E-state index contributed by atoms with van der Waals surface area (Å²) in [6.07, 6.45) is -1.18. The van der Waals surface area contributed by atoms with E-state index in [9.17, 15) is 27.1 Å². The molecule has 0 saturated heterocycles. The molecule has 1 aliphatic rings. The van der Waals surface area contributed by atoms with Crippen LogP contribution in [0, 0.1) is 0 Å². The first-order chi connectivity index (χ1) is 13.1. The number of aromatic nitrogens is 2. The average Bonchev–Trinajstić information content (AvgIpc) is 2.61. The van der Waals surface area contributed by atoms with Gasteiger partial charge in [0.2, 0.25) is 0 Å². The van der Waals surface area contributed by atoms with Gasteiger partial charge in [0.25, 0.3) is 0 Å². The minimum absolute atomic E-state index is 0.252. The fourth-order valence-corrected chi connectivity index (χ4v) is 3.44. The Morgan fingerprint density at radius 1 is 1.25 bits per heavy atom. The van der Waals surface area contributed by atoms with E-state index in [1.165, 1.54) is 6.20 Å². The van der Waals surface area contributed by atoms with E-state index < -0.39 is 36.2 Å². The molecule has 2 heterocycles. The molecule has 28 heavy (non-hydrogen) atoms. The Bertz CT molecular complexity index is 865. The zero-order valence-corrected chi connectivity index (χ0v) is 15.0. The molecule has 0 bridgehead atoms. The molecule has 0 amide bonds. The van der Waals surface area contributed by atoms with Gasteiger partial charge in [-0.1, -0.05) is 11.6 Å². The standard InChI is InChI=1S/C17H15ClF5N3O2/c18-13-4-9-2-1-3-16(8-27,11(9)7-24-13)26-14-12(28-15(19)20)5-10(6-25-14)17(21,22)23/h4-7,15,27H,1-3,8H2,(H,25,26). The van der Waals surface area contributed by atoms with Gasteiger partial charge in [0.1, 0.15) is 5.15 Å². The van der Waals surface area contributed by atoms with E-state index in [0.717, 1.165) is 5.56 Å². The van der Waals surface area contributed by atoms with E-state index in [2.05, 4.69) is 20.0 Å². The van der Waals surface area contributed by atoms with E-state index >= 15 is 0 Å². The fraction of sp³-hybridized carbons (Fsp3) is 0.412. The van der Waals surface area contributed by atoms with E-state index in [1.807, 2.05) is 0 Å². The Morgan fingerprint density at radius 3 is 2.64 bits per heavy atom. The Labute approximate surface area is 161 Å². The van der Waals surface area contributed by atoms with Gasteiger partial charge in [-0.3, -0.25) is 0 Å². The largest absolute Gasteiger partial charge is 0.431 e. The molecule has 1 unspecified atom stereocenters. The molecule has 1 atom stereocenters. The summed E-state index contributed by atoms with van der Waals surface area (Å²) in [7, 11) is 0.